The lowest BCUT2D eigenvalue weighted by Crippen LogP contribution is -2.33. The van der Waals surface area contributed by atoms with E-state index in [4.69, 9.17) is 0 Å². The van der Waals surface area contributed by atoms with E-state index in [9.17, 15) is 4.79 Å². The standard InChI is InChI=1S/C14H18IN3O/c15-12-2-1-3-13(4-12)17-14(19)9-18-7-10-5-16-6-11(10)8-18/h1-4,10-11,16H,5-9H2,(H,17,19). The summed E-state index contributed by atoms with van der Waals surface area (Å²) in [4.78, 5) is 14.3. The fraction of sp³-hybridized carbons (Fsp3) is 0.500. The summed E-state index contributed by atoms with van der Waals surface area (Å²) in [5.41, 5.74) is 0.887. The minimum Gasteiger partial charge on any atom is -0.325 e. The van der Waals surface area contributed by atoms with Gasteiger partial charge in [0.25, 0.3) is 0 Å². The van der Waals surface area contributed by atoms with Crippen LogP contribution in [0.1, 0.15) is 0 Å². The van der Waals surface area contributed by atoms with Gasteiger partial charge in [-0.3, -0.25) is 9.69 Å². The smallest absolute Gasteiger partial charge is 0.238 e. The van der Waals surface area contributed by atoms with Crippen molar-refractivity contribution in [3.63, 3.8) is 0 Å². The van der Waals surface area contributed by atoms with Crippen molar-refractivity contribution < 1.29 is 4.79 Å². The van der Waals surface area contributed by atoms with Gasteiger partial charge in [-0.05, 0) is 65.7 Å². The van der Waals surface area contributed by atoms with Crippen molar-refractivity contribution in [2.75, 3.05) is 38.0 Å². The molecule has 2 N–H and O–H groups in total. The van der Waals surface area contributed by atoms with Crippen molar-refractivity contribution in [2.45, 2.75) is 0 Å². The summed E-state index contributed by atoms with van der Waals surface area (Å²) in [5.74, 6) is 1.57. The van der Waals surface area contributed by atoms with Gasteiger partial charge in [0.05, 0.1) is 6.54 Å². The molecule has 5 heteroatoms. The molecule has 0 saturated carbocycles. The van der Waals surface area contributed by atoms with Gasteiger partial charge in [-0.1, -0.05) is 6.07 Å². The van der Waals surface area contributed by atoms with E-state index < -0.39 is 0 Å². The molecule has 4 nitrogen and oxygen atoms in total. The van der Waals surface area contributed by atoms with E-state index in [0.717, 1.165) is 47.3 Å². The number of amides is 1. The van der Waals surface area contributed by atoms with Crippen LogP contribution >= 0.6 is 22.6 Å². The Morgan fingerprint density at radius 1 is 1.37 bits per heavy atom. The van der Waals surface area contributed by atoms with Crippen LogP contribution in [-0.2, 0) is 4.79 Å². The van der Waals surface area contributed by atoms with Crippen molar-refractivity contribution in [3.8, 4) is 0 Å². The van der Waals surface area contributed by atoms with E-state index in [0.29, 0.717) is 6.54 Å². The summed E-state index contributed by atoms with van der Waals surface area (Å²) in [6.07, 6.45) is 0. The average Bonchev–Trinajstić information content (AvgIpc) is 2.89. The molecule has 3 rings (SSSR count). The van der Waals surface area contributed by atoms with Crippen molar-refractivity contribution in [1.82, 2.24) is 10.2 Å². The number of hydrogen-bond donors (Lipinski definition) is 2. The highest BCUT2D eigenvalue weighted by atomic mass is 127. The van der Waals surface area contributed by atoms with Gasteiger partial charge in [0.1, 0.15) is 0 Å². The number of hydrogen-bond acceptors (Lipinski definition) is 3. The molecule has 0 radical (unpaired) electrons. The van der Waals surface area contributed by atoms with Crippen LogP contribution in [0.3, 0.4) is 0 Å². The highest BCUT2D eigenvalue weighted by Gasteiger charge is 2.36. The van der Waals surface area contributed by atoms with E-state index >= 15 is 0 Å². The minimum atomic E-state index is 0.0925. The summed E-state index contributed by atoms with van der Waals surface area (Å²) in [6.45, 7) is 4.84. The molecular weight excluding hydrogens is 353 g/mol. The Hall–Kier alpha value is -0.660. The van der Waals surface area contributed by atoms with E-state index in [1.165, 1.54) is 0 Å². The summed E-state index contributed by atoms with van der Waals surface area (Å²) in [6, 6.07) is 7.90. The fourth-order valence-corrected chi connectivity index (χ4v) is 3.59. The summed E-state index contributed by atoms with van der Waals surface area (Å²) >= 11 is 2.25. The first-order valence-electron chi connectivity index (χ1n) is 6.69. The summed E-state index contributed by atoms with van der Waals surface area (Å²) in [5, 5.41) is 6.39. The monoisotopic (exact) mass is 371 g/mol. The number of carbonyl (C=O) groups excluding carboxylic acids is 1. The highest BCUT2D eigenvalue weighted by molar-refractivity contribution is 14.1. The zero-order chi connectivity index (χ0) is 13.2. The van der Waals surface area contributed by atoms with Crippen LogP contribution < -0.4 is 10.6 Å². The molecule has 0 aromatic heterocycles. The van der Waals surface area contributed by atoms with Crippen LogP contribution in [-0.4, -0.2) is 43.5 Å². The molecule has 0 aliphatic carbocycles. The number of carbonyl (C=O) groups is 1. The largest absolute Gasteiger partial charge is 0.325 e. The van der Waals surface area contributed by atoms with Gasteiger partial charge in [-0.25, -0.2) is 0 Å². The molecule has 2 unspecified atom stereocenters. The van der Waals surface area contributed by atoms with Crippen LogP contribution in [0.2, 0.25) is 0 Å². The fourth-order valence-electron chi connectivity index (χ4n) is 3.05. The first-order valence-corrected chi connectivity index (χ1v) is 7.77. The Morgan fingerprint density at radius 3 is 2.79 bits per heavy atom. The molecule has 2 aliphatic heterocycles. The molecule has 1 amide bonds. The van der Waals surface area contributed by atoms with E-state index in [1.807, 2.05) is 24.3 Å². The van der Waals surface area contributed by atoms with Crippen LogP contribution in [0, 0.1) is 15.4 Å². The Kier molecular flexibility index (Phi) is 4.04. The second-order valence-electron chi connectivity index (χ2n) is 5.43. The number of rotatable bonds is 3. The average molecular weight is 371 g/mol. The number of halogens is 1. The predicted molar refractivity (Wildman–Crippen MR) is 84.1 cm³/mol. The van der Waals surface area contributed by atoms with Crippen molar-refractivity contribution in [2.24, 2.45) is 11.8 Å². The third-order valence-electron chi connectivity index (χ3n) is 3.94. The molecule has 102 valence electrons. The highest BCUT2D eigenvalue weighted by Crippen LogP contribution is 2.25. The predicted octanol–water partition coefficient (Wildman–Crippen LogP) is 1.38. The van der Waals surface area contributed by atoms with Gasteiger partial charge in [-0.15, -0.1) is 0 Å². The molecule has 0 bridgehead atoms. The Labute approximate surface area is 127 Å². The summed E-state index contributed by atoms with van der Waals surface area (Å²) < 4.78 is 1.14. The molecular formula is C14H18IN3O. The van der Waals surface area contributed by atoms with E-state index in [-0.39, 0.29) is 5.91 Å². The van der Waals surface area contributed by atoms with Crippen LogP contribution in [0.4, 0.5) is 5.69 Å². The molecule has 0 spiro atoms. The quantitative estimate of drug-likeness (QED) is 0.790. The number of likely N-dealkylation sites (tertiary alicyclic amines) is 1. The molecule has 1 aromatic carbocycles. The molecule has 1 aromatic rings. The van der Waals surface area contributed by atoms with Gasteiger partial charge >= 0.3 is 0 Å². The SMILES string of the molecule is O=C(CN1CC2CNCC2C1)Nc1cccc(I)c1. The van der Waals surface area contributed by atoms with E-state index in [1.54, 1.807) is 0 Å². The second kappa shape index (κ2) is 5.76. The number of benzene rings is 1. The van der Waals surface area contributed by atoms with Crippen molar-refractivity contribution in [3.05, 3.63) is 27.8 Å². The first-order chi connectivity index (χ1) is 9.20. The van der Waals surface area contributed by atoms with Gasteiger partial charge in [0.2, 0.25) is 5.91 Å². The van der Waals surface area contributed by atoms with Crippen molar-refractivity contribution >= 4 is 34.2 Å². The normalized spacial score (nSPS) is 26.4. The first kappa shape index (κ1) is 13.3. The van der Waals surface area contributed by atoms with Gasteiger partial charge in [0, 0.05) is 22.3 Å². The third-order valence-corrected chi connectivity index (χ3v) is 4.61. The van der Waals surface area contributed by atoms with Crippen LogP contribution in [0.5, 0.6) is 0 Å². The number of nitrogens with zero attached hydrogens (tertiary/aromatic N) is 1. The van der Waals surface area contributed by atoms with E-state index in [2.05, 4.69) is 38.1 Å². The Morgan fingerprint density at radius 2 is 2.11 bits per heavy atom. The molecule has 2 aliphatic rings. The Bertz CT molecular complexity index is 468. The van der Waals surface area contributed by atoms with Gasteiger partial charge in [0.15, 0.2) is 0 Å². The zero-order valence-electron chi connectivity index (χ0n) is 10.7. The van der Waals surface area contributed by atoms with Crippen LogP contribution in [0.25, 0.3) is 0 Å². The molecule has 2 fully saturated rings. The van der Waals surface area contributed by atoms with Gasteiger partial charge in [-0.2, -0.15) is 0 Å². The topological polar surface area (TPSA) is 44.4 Å². The lowest BCUT2D eigenvalue weighted by atomic mass is 10.0. The number of anilines is 1. The minimum absolute atomic E-state index is 0.0925. The van der Waals surface area contributed by atoms with Crippen molar-refractivity contribution in [1.29, 1.82) is 0 Å². The molecule has 2 heterocycles. The van der Waals surface area contributed by atoms with Gasteiger partial charge < -0.3 is 10.6 Å². The summed E-state index contributed by atoms with van der Waals surface area (Å²) in [7, 11) is 0. The molecule has 2 saturated heterocycles. The maximum atomic E-state index is 12.0. The molecule has 2 atom stereocenters. The second-order valence-corrected chi connectivity index (χ2v) is 6.68. The third kappa shape index (κ3) is 3.27. The zero-order valence-corrected chi connectivity index (χ0v) is 12.9. The Balaban J connectivity index is 1.52. The molecule has 19 heavy (non-hydrogen) atoms. The lowest BCUT2D eigenvalue weighted by Gasteiger charge is -2.16. The number of fused-ring (bicyclic) bond motifs is 1. The maximum absolute atomic E-state index is 12.0. The van der Waals surface area contributed by atoms with Crippen LogP contribution in [0.15, 0.2) is 24.3 Å². The number of nitrogens with one attached hydrogen (secondary N) is 2. The lowest BCUT2D eigenvalue weighted by molar-refractivity contribution is -0.117. The maximum Gasteiger partial charge on any atom is 0.238 e.